The molecule has 0 aromatic heterocycles. The van der Waals surface area contributed by atoms with E-state index in [2.05, 4.69) is 10.0 Å². The first kappa shape index (κ1) is 17.1. The van der Waals surface area contributed by atoms with Crippen molar-refractivity contribution in [2.45, 2.75) is 39.3 Å². The Hall–Kier alpha value is -0.980. The molecule has 6 heteroatoms. The third-order valence-electron chi connectivity index (χ3n) is 2.76. The van der Waals surface area contributed by atoms with E-state index in [9.17, 15) is 12.8 Å². The summed E-state index contributed by atoms with van der Waals surface area (Å²) in [5.74, 6) is -0.236. The summed E-state index contributed by atoms with van der Waals surface area (Å²) in [5.41, 5.74) is 0.905. The van der Waals surface area contributed by atoms with E-state index in [-0.39, 0.29) is 23.7 Å². The van der Waals surface area contributed by atoms with Crippen LogP contribution in [-0.4, -0.2) is 32.8 Å². The van der Waals surface area contributed by atoms with Crippen molar-refractivity contribution in [3.05, 3.63) is 35.6 Å². The second-order valence-corrected chi connectivity index (χ2v) is 7.15. The summed E-state index contributed by atoms with van der Waals surface area (Å²) in [6.07, 6.45) is 0.539. The molecule has 1 aromatic carbocycles. The first-order valence-corrected chi connectivity index (χ1v) is 8.41. The Kier molecular flexibility index (Phi) is 6.58. The van der Waals surface area contributed by atoms with E-state index < -0.39 is 10.0 Å². The molecule has 0 spiro atoms. The monoisotopic (exact) mass is 302 g/mol. The number of halogens is 1. The van der Waals surface area contributed by atoms with Crippen molar-refractivity contribution in [2.75, 3.05) is 12.3 Å². The van der Waals surface area contributed by atoms with Gasteiger partial charge in [0.15, 0.2) is 0 Å². The summed E-state index contributed by atoms with van der Waals surface area (Å²) in [4.78, 5) is 0. The van der Waals surface area contributed by atoms with Gasteiger partial charge in [-0.3, -0.25) is 0 Å². The molecular weight excluding hydrogens is 279 g/mol. The van der Waals surface area contributed by atoms with Gasteiger partial charge in [0.1, 0.15) is 5.82 Å². The molecule has 1 unspecified atom stereocenters. The van der Waals surface area contributed by atoms with E-state index in [1.54, 1.807) is 19.1 Å². The van der Waals surface area contributed by atoms with Crippen LogP contribution in [-0.2, 0) is 16.4 Å². The average Bonchev–Trinajstić information content (AvgIpc) is 2.30. The second-order valence-electron chi connectivity index (χ2n) is 5.28. The number of hydrogen-bond donors (Lipinski definition) is 2. The first-order chi connectivity index (χ1) is 9.28. The highest BCUT2D eigenvalue weighted by Gasteiger charge is 2.14. The lowest BCUT2D eigenvalue weighted by atomic mass is 10.1. The number of benzene rings is 1. The maximum atomic E-state index is 12.8. The standard InChI is InChI=1S/C14H23FN2O2S/c1-11(2)16-8-9-20(18,19)17-12(3)10-13-4-6-14(15)7-5-13/h4-7,11-12,16-17H,8-10H2,1-3H3. The quantitative estimate of drug-likeness (QED) is 0.768. The van der Waals surface area contributed by atoms with Gasteiger partial charge in [-0.1, -0.05) is 26.0 Å². The van der Waals surface area contributed by atoms with Crippen molar-refractivity contribution in [1.82, 2.24) is 10.0 Å². The normalized spacial score (nSPS) is 13.7. The topological polar surface area (TPSA) is 58.2 Å². The molecule has 0 aliphatic rings. The van der Waals surface area contributed by atoms with Gasteiger partial charge >= 0.3 is 0 Å². The summed E-state index contributed by atoms with van der Waals surface area (Å²) >= 11 is 0. The zero-order chi connectivity index (χ0) is 15.2. The van der Waals surface area contributed by atoms with Gasteiger partial charge < -0.3 is 5.32 Å². The highest BCUT2D eigenvalue weighted by atomic mass is 32.2. The predicted molar refractivity (Wildman–Crippen MR) is 79.6 cm³/mol. The Balaban J connectivity index is 2.44. The molecule has 0 bridgehead atoms. The van der Waals surface area contributed by atoms with Gasteiger partial charge in [-0.2, -0.15) is 0 Å². The van der Waals surface area contributed by atoms with Gasteiger partial charge in [0.05, 0.1) is 5.75 Å². The fourth-order valence-corrected chi connectivity index (χ4v) is 3.06. The molecule has 0 saturated heterocycles. The van der Waals surface area contributed by atoms with Crippen LogP contribution in [0, 0.1) is 5.82 Å². The first-order valence-electron chi connectivity index (χ1n) is 6.76. The Morgan fingerprint density at radius 1 is 1.15 bits per heavy atom. The molecule has 2 N–H and O–H groups in total. The summed E-state index contributed by atoms with van der Waals surface area (Å²) in [6, 6.07) is 6.14. The molecule has 0 heterocycles. The van der Waals surface area contributed by atoms with Gasteiger partial charge in [0, 0.05) is 18.6 Å². The molecule has 0 amide bonds. The van der Waals surface area contributed by atoms with Crippen molar-refractivity contribution < 1.29 is 12.8 Å². The number of hydrogen-bond acceptors (Lipinski definition) is 3. The van der Waals surface area contributed by atoms with E-state index in [1.807, 2.05) is 13.8 Å². The molecule has 0 aliphatic carbocycles. The maximum absolute atomic E-state index is 12.8. The van der Waals surface area contributed by atoms with Gasteiger partial charge in [0.25, 0.3) is 0 Å². The van der Waals surface area contributed by atoms with Crippen LogP contribution in [0.3, 0.4) is 0 Å². The van der Waals surface area contributed by atoms with Crippen LogP contribution < -0.4 is 10.0 Å². The minimum absolute atomic E-state index is 0.0545. The minimum Gasteiger partial charge on any atom is -0.313 e. The molecule has 20 heavy (non-hydrogen) atoms. The van der Waals surface area contributed by atoms with Crippen molar-refractivity contribution in [3.8, 4) is 0 Å². The van der Waals surface area contributed by atoms with Gasteiger partial charge in [0.2, 0.25) is 10.0 Å². The molecule has 0 radical (unpaired) electrons. The van der Waals surface area contributed by atoms with E-state index >= 15 is 0 Å². The smallest absolute Gasteiger partial charge is 0.213 e. The van der Waals surface area contributed by atoms with Gasteiger partial charge in [-0.15, -0.1) is 0 Å². The van der Waals surface area contributed by atoms with Crippen LogP contribution >= 0.6 is 0 Å². The largest absolute Gasteiger partial charge is 0.313 e. The van der Waals surface area contributed by atoms with Crippen LogP contribution in [0.15, 0.2) is 24.3 Å². The Morgan fingerprint density at radius 2 is 1.75 bits per heavy atom. The fourth-order valence-electron chi connectivity index (χ4n) is 1.86. The average molecular weight is 302 g/mol. The number of sulfonamides is 1. The van der Waals surface area contributed by atoms with Crippen molar-refractivity contribution in [2.24, 2.45) is 0 Å². The van der Waals surface area contributed by atoms with Crippen LogP contribution in [0.1, 0.15) is 26.3 Å². The Labute approximate surface area is 120 Å². The van der Waals surface area contributed by atoms with Gasteiger partial charge in [-0.25, -0.2) is 17.5 Å². The third-order valence-corrected chi connectivity index (χ3v) is 4.26. The van der Waals surface area contributed by atoms with Crippen molar-refractivity contribution in [3.63, 3.8) is 0 Å². The Bertz CT molecular complexity index is 500. The second kappa shape index (κ2) is 7.71. The van der Waals surface area contributed by atoms with Crippen LogP contribution in [0.2, 0.25) is 0 Å². The number of nitrogens with one attached hydrogen (secondary N) is 2. The summed E-state index contributed by atoms with van der Waals surface area (Å²) in [5, 5.41) is 3.07. The molecule has 1 rings (SSSR count). The molecule has 4 nitrogen and oxygen atoms in total. The number of rotatable bonds is 8. The van der Waals surface area contributed by atoms with Crippen LogP contribution in [0.5, 0.6) is 0 Å². The zero-order valence-corrected chi connectivity index (χ0v) is 13.0. The SMILES string of the molecule is CC(C)NCCS(=O)(=O)NC(C)Cc1ccc(F)cc1. The molecule has 114 valence electrons. The van der Waals surface area contributed by atoms with E-state index in [1.165, 1.54) is 12.1 Å². The van der Waals surface area contributed by atoms with E-state index in [0.29, 0.717) is 13.0 Å². The van der Waals surface area contributed by atoms with E-state index in [4.69, 9.17) is 0 Å². The molecule has 0 saturated carbocycles. The maximum Gasteiger partial charge on any atom is 0.213 e. The van der Waals surface area contributed by atoms with Crippen molar-refractivity contribution >= 4 is 10.0 Å². The summed E-state index contributed by atoms with van der Waals surface area (Å²) in [6.45, 7) is 6.17. The molecule has 1 atom stereocenters. The molecule has 0 fully saturated rings. The van der Waals surface area contributed by atoms with Crippen molar-refractivity contribution in [1.29, 1.82) is 0 Å². The highest BCUT2D eigenvalue weighted by Crippen LogP contribution is 2.06. The fraction of sp³-hybridized carbons (Fsp3) is 0.571. The third kappa shape index (κ3) is 6.98. The predicted octanol–water partition coefficient (Wildman–Crippen LogP) is 1.67. The molecule has 0 aliphatic heterocycles. The molecule has 1 aromatic rings. The summed E-state index contributed by atoms with van der Waals surface area (Å²) in [7, 11) is -3.29. The minimum atomic E-state index is -3.29. The molecular formula is C14H23FN2O2S. The van der Waals surface area contributed by atoms with Gasteiger partial charge in [-0.05, 0) is 31.0 Å². The lowest BCUT2D eigenvalue weighted by Crippen LogP contribution is -2.39. The van der Waals surface area contributed by atoms with Crippen LogP contribution in [0.4, 0.5) is 4.39 Å². The highest BCUT2D eigenvalue weighted by molar-refractivity contribution is 7.89. The Morgan fingerprint density at radius 3 is 2.30 bits per heavy atom. The lowest BCUT2D eigenvalue weighted by Gasteiger charge is -2.15. The summed E-state index contributed by atoms with van der Waals surface area (Å²) < 4.78 is 39.1. The van der Waals surface area contributed by atoms with Crippen LogP contribution in [0.25, 0.3) is 0 Å². The van der Waals surface area contributed by atoms with E-state index in [0.717, 1.165) is 5.56 Å². The zero-order valence-electron chi connectivity index (χ0n) is 12.2. The lowest BCUT2D eigenvalue weighted by molar-refractivity contribution is 0.549.